The van der Waals surface area contributed by atoms with E-state index < -0.39 is 0 Å². The monoisotopic (exact) mass is 207 g/mol. The molecule has 1 unspecified atom stereocenters. The van der Waals surface area contributed by atoms with E-state index in [4.69, 9.17) is 0 Å². The summed E-state index contributed by atoms with van der Waals surface area (Å²) in [7, 11) is 0. The molecular weight excluding hydrogens is 182 g/mol. The Hall–Kier alpha value is -0.300. The SMILES string of the molecule is CC1=CC[C@H]2C(NC(C)(C)C)[C@@H]1C2(C)C. The lowest BCUT2D eigenvalue weighted by Gasteiger charge is -2.63. The maximum Gasteiger partial charge on any atom is 0.0179 e. The van der Waals surface area contributed by atoms with E-state index in [9.17, 15) is 0 Å². The second-order valence-electron chi connectivity index (χ2n) is 7.01. The lowest BCUT2D eigenvalue weighted by Crippen LogP contribution is -2.68. The third-order valence-corrected chi connectivity index (χ3v) is 4.33. The first kappa shape index (κ1) is 11.2. The van der Waals surface area contributed by atoms with Crippen LogP contribution in [-0.2, 0) is 0 Å². The molecule has 86 valence electrons. The average molecular weight is 207 g/mol. The number of hydrogen-bond donors (Lipinski definition) is 1. The number of nitrogens with one attached hydrogen (secondary N) is 1. The van der Waals surface area contributed by atoms with Crippen LogP contribution in [0.2, 0.25) is 0 Å². The molecular formula is C14H25N. The van der Waals surface area contributed by atoms with Crippen molar-refractivity contribution in [3.8, 4) is 0 Å². The van der Waals surface area contributed by atoms with E-state index in [-0.39, 0.29) is 5.54 Å². The summed E-state index contributed by atoms with van der Waals surface area (Å²) in [6.07, 6.45) is 3.71. The summed E-state index contributed by atoms with van der Waals surface area (Å²) >= 11 is 0. The van der Waals surface area contributed by atoms with Crippen LogP contribution in [0.4, 0.5) is 0 Å². The molecule has 3 aliphatic carbocycles. The van der Waals surface area contributed by atoms with Crippen molar-refractivity contribution < 1.29 is 0 Å². The van der Waals surface area contributed by atoms with Gasteiger partial charge in [0.1, 0.15) is 0 Å². The molecule has 3 aliphatic rings. The van der Waals surface area contributed by atoms with Crippen molar-refractivity contribution in [1.82, 2.24) is 5.32 Å². The summed E-state index contributed by atoms with van der Waals surface area (Å²) in [4.78, 5) is 0. The lowest BCUT2D eigenvalue weighted by atomic mass is 9.46. The number of allylic oxidation sites excluding steroid dienone is 1. The second kappa shape index (κ2) is 3.10. The molecule has 1 fully saturated rings. The number of rotatable bonds is 1. The summed E-state index contributed by atoms with van der Waals surface area (Å²) in [5, 5.41) is 3.80. The third kappa shape index (κ3) is 1.65. The van der Waals surface area contributed by atoms with Gasteiger partial charge >= 0.3 is 0 Å². The topological polar surface area (TPSA) is 12.0 Å². The predicted octanol–water partition coefficient (Wildman–Crippen LogP) is 3.37. The van der Waals surface area contributed by atoms with Gasteiger partial charge in [-0.15, -0.1) is 0 Å². The fraction of sp³-hybridized carbons (Fsp3) is 0.857. The fourth-order valence-electron chi connectivity index (χ4n) is 3.71. The van der Waals surface area contributed by atoms with Gasteiger partial charge in [-0.25, -0.2) is 0 Å². The summed E-state index contributed by atoms with van der Waals surface area (Å²) in [6, 6.07) is 0.713. The van der Waals surface area contributed by atoms with Gasteiger partial charge in [-0.2, -0.15) is 0 Å². The molecule has 2 bridgehead atoms. The highest BCUT2D eigenvalue weighted by Crippen LogP contribution is 2.59. The van der Waals surface area contributed by atoms with Gasteiger partial charge in [-0.05, 0) is 45.4 Å². The van der Waals surface area contributed by atoms with E-state index in [0.717, 1.165) is 11.8 Å². The summed E-state index contributed by atoms with van der Waals surface area (Å²) in [5.41, 5.74) is 2.36. The highest BCUT2D eigenvalue weighted by Gasteiger charge is 2.58. The van der Waals surface area contributed by atoms with E-state index in [1.807, 2.05) is 0 Å². The van der Waals surface area contributed by atoms with Crippen molar-refractivity contribution in [3.05, 3.63) is 11.6 Å². The molecule has 1 N–H and O–H groups in total. The first-order chi connectivity index (χ1) is 6.73. The van der Waals surface area contributed by atoms with Gasteiger partial charge in [0.2, 0.25) is 0 Å². The smallest absolute Gasteiger partial charge is 0.0179 e. The Bertz CT molecular complexity index is 293. The van der Waals surface area contributed by atoms with Crippen LogP contribution < -0.4 is 5.32 Å². The van der Waals surface area contributed by atoms with Crippen LogP contribution in [0.25, 0.3) is 0 Å². The normalized spacial score (nSPS) is 38.3. The second-order valence-corrected chi connectivity index (χ2v) is 7.01. The zero-order chi connectivity index (χ0) is 11.4. The van der Waals surface area contributed by atoms with E-state index >= 15 is 0 Å². The van der Waals surface area contributed by atoms with Crippen LogP contribution in [-0.4, -0.2) is 11.6 Å². The molecule has 3 rings (SSSR count). The molecule has 0 heterocycles. The molecule has 0 radical (unpaired) electrons. The van der Waals surface area contributed by atoms with Crippen LogP contribution in [0.5, 0.6) is 0 Å². The Balaban J connectivity index is 2.17. The van der Waals surface area contributed by atoms with Crippen LogP contribution in [0, 0.1) is 17.3 Å². The van der Waals surface area contributed by atoms with E-state index in [1.165, 1.54) is 6.42 Å². The first-order valence-electron chi connectivity index (χ1n) is 6.18. The molecule has 0 saturated heterocycles. The molecule has 1 saturated carbocycles. The highest BCUT2D eigenvalue weighted by atomic mass is 15.0. The molecule has 1 heteroatoms. The number of fused-ring (bicyclic) bond motifs is 1. The van der Waals surface area contributed by atoms with Gasteiger partial charge in [-0.1, -0.05) is 25.5 Å². The van der Waals surface area contributed by atoms with Crippen molar-refractivity contribution in [3.63, 3.8) is 0 Å². The average Bonchev–Trinajstić information content (AvgIpc) is 1.99. The minimum atomic E-state index is 0.245. The highest BCUT2D eigenvalue weighted by molar-refractivity contribution is 5.27. The zero-order valence-corrected chi connectivity index (χ0v) is 11.0. The summed E-state index contributed by atoms with van der Waals surface area (Å²) < 4.78 is 0. The minimum Gasteiger partial charge on any atom is -0.308 e. The molecule has 0 spiro atoms. The van der Waals surface area contributed by atoms with E-state index in [2.05, 4.69) is 52.9 Å². The van der Waals surface area contributed by atoms with Gasteiger partial charge < -0.3 is 5.32 Å². The van der Waals surface area contributed by atoms with Crippen LogP contribution >= 0.6 is 0 Å². The first-order valence-corrected chi connectivity index (χ1v) is 6.18. The maximum absolute atomic E-state index is 3.80. The fourth-order valence-corrected chi connectivity index (χ4v) is 3.71. The maximum atomic E-state index is 3.80. The third-order valence-electron chi connectivity index (χ3n) is 4.33. The minimum absolute atomic E-state index is 0.245. The molecule has 0 aromatic heterocycles. The van der Waals surface area contributed by atoms with Gasteiger partial charge in [0.25, 0.3) is 0 Å². The Morgan fingerprint density at radius 3 is 2.33 bits per heavy atom. The Kier molecular flexibility index (Phi) is 2.31. The molecule has 0 amide bonds. The molecule has 15 heavy (non-hydrogen) atoms. The largest absolute Gasteiger partial charge is 0.308 e. The van der Waals surface area contributed by atoms with Crippen molar-refractivity contribution in [2.75, 3.05) is 0 Å². The molecule has 0 aromatic rings. The predicted molar refractivity (Wildman–Crippen MR) is 65.8 cm³/mol. The zero-order valence-electron chi connectivity index (χ0n) is 11.0. The number of hydrogen-bond acceptors (Lipinski definition) is 1. The Morgan fingerprint density at radius 1 is 1.33 bits per heavy atom. The standard InChI is InChI=1S/C14H25N/c1-9-7-8-10-12(15-13(2,3)4)11(9)14(10,5)6/h7,10-12,15H,8H2,1-6H3/t10-,11+,12?/m0/s1. The molecule has 0 aliphatic heterocycles. The van der Waals surface area contributed by atoms with Gasteiger partial charge in [0, 0.05) is 17.5 Å². The lowest BCUT2D eigenvalue weighted by molar-refractivity contribution is -0.0623. The summed E-state index contributed by atoms with van der Waals surface area (Å²) in [6.45, 7) is 14.0. The Morgan fingerprint density at radius 2 is 1.93 bits per heavy atom. The van der Waals surface area contributed by atoms with Gasteiger partial charge in [0.15, 0.2) is 0 Å². The molecule has 1 nitrogen and oxygen atoms in total. The van der Waals surface area contributed by atoms with E-state index in [0.29, 0.717) is 11.5 Å². The summed E-state index contributed by atoms with van der Waals surface area (Å²) in [5.74, 6) is 1.60. The molecule has 0 aromatic carbocycles. The Labute approximate surface area is 94.3 Å². The quantitative estimate of drug-likeness (QED) is 0.650. The van der Waals surface area contributed by atoms with Crippen molar-refractivity contribution in [1.29, 1.82) is 0 Å². The molecule has 3 atom stereocenters. The van der Waals surface area contributed by atoms with Gasteiger partial charge in [-0.3, -0.25) is 0 Å². The van der Waals surface area contributed by atoms with Crippen LogP contribution in [0.15, 0.2) is 11.6 Å². The van der Waals surface area contributed by atoms with Crippen LogP contribution in [0.3, 0.4) is 0 Å². The van der Waals surface area contributed by atoms with Crippen molar-refractivity contribution in [2.45, 2.75) is 59.5 Å². The van der Waals surface area contributed by atoms with E-state index in [1.54, 1.807) is 5.57 Å². The van der Waals surface area contributed by atoms with Gasteiger partial charge in [0.05, 0.1) is 0 Å². The van der Waals surface area contributed by atoms with Crippen LogP contribution in [0.1, 0.15) is 48.0 Å². The van der Waals surface area contributed by atoms with Crippen molar-refractivity contribution >= 4 is 0 Å². The van der Waals surface area contributed by atoms with Crippen molar-refractivity contribution in [2.24, 2.45) is 17.3 Å².